The molecular weight excluding hydrogens is 236 g/mol. The first-order valence-electron chi connectivity index (χ1n) is 5.26. The second-order valence-electron chi connectivity index (χ2n) is 3.59. The van der Waals surface area contributed by atoms with Crippen LogP contribution in [0.4, 0.5) is 0 Å². The summed E-state index contributed by atoms with van der Waals surface area (Å²) in [5.74, 6) is -0.128. The average molecular weight is 248 g/mol. The van der Waals surface area contributed by atoms with E-state index in [0.29, 0.717) is 18.1 Å². The summed E-state index contributed by atoms with van der Waals surface area (Å²) in [4.78, 5) is 10.8. The van der Waals surface area contributed by atoms with Crippen molar-refractivity contribution in [2.45, 2.75) is 6.61 Å². The standard InChI is InChI=1S/C13H12O5/c1-16-12-6-10(13(14)15)2-3-11(12)18-8-9-4-5-17-7-9/h2-7H,8H2,1H3,(H,14,15). The summed E-state index contributed by atoms with van der Waals surface area (Å²) in [6, 6.07) is 6.25. The maximum atomic E-state index is 10.8. The van der Waals surface area contributed by atoms with E-state index < -0.39 is 5.97 Å². The zero-order valence-electron chi connectivity index (χ0n) is 9.75. The van der Waals surface area contributed by atoms with Crippen LogP contribution in [0.3, 0.4) is 0 Å². The third-order valence-corrected chi connectivity index (χ3v) is 2.39. The number of benzene rings is 1. The van der Waals surface area contributed by atoms with Crippen LogP contribution in [0.2, 0.25) is 0 Å². The number of hydrogen-bond donors (Lipinski definition) is 1. The number of methoxy groups -OCH3 is 1. The summed E-state index contributed by atoms with van der Waals surface area (Å²) >= 11 is 0. The Balaban J connectivity index is 2.14. The molecule has 2 aromatic rings. The minimum absolute atomic E-state index is 0.155. The highest BCUT2D eigenvalue weighted by atomic mass is 16.5. The van der Waals surface area contributed by atoms with Crippen LogP contribution in [0, 0.1) is 0 Å². The topological polar surface area (TPSA) is 68.9 Å². The van der Waals surface area contributed by atoms with E-state index in [9.17, 15) is 4.79 Å². The van der Waals surface area contributed by atoms with Gasteiger partial charge in [0.05, 0.1) is 25.2 Å². The molecule has 0 spiro atoms. The zero-order chi connectivity index (χ0) is 13.0. The van der Waals surface area contributed by atoms with Gasteiger partial charge in [-0.2, -0.15) is 0 Å². The van der Waals surface area contributed by atoms with E-state index >= 15 is 0 Å². The molecule has 5 heteroatoms. The molecule has 0 saturated heterocycles. The Kier molecular flexibility index (Phi) is 3.52. The second-order valence-corrected chi connectivity index (χ2v) is 3.59. The van der Waals surface area contributed by atoms with E-state index in [2.05, 4.69) is 0 Å². The number of carboxylic acids is 1. The van der Waals surface area contributed by atoms with Crippen molar-refractivity contribution in [1.82, 2.24) is 0 Å². The largest absolute Gasteiger partial charge is 0.493 e. The van der Waals surface area contributed by atoms with Crippen LogP contribution in [0.5, 0.6) is 11.5 Å². The van der Waals surface area contributed by atoms with Gasteiger partial charge in [0, 0.05) is 5.56 Å². The molecule has 1 aromatic heterocycles. The first kappa shape index (κ1) is 12.0. The molecule has 18 heavy (non-hydrogen) atoms. The van der Waals surface area contributed by atoms with Gasteiger partial charge in [-0.25, -0.2) is 4.79 Å². The lowest BCUT2D eigenvalue weighted by Gasteiger charge is -2.10. The lowest BCUT2D eigenvalue weighted by Crippen LogP contribution is -2.00. The van der Waals surface area contributed by atoms with Crippen molar-refractivity contribution in [3.8, 4) is 11.5 Å². The highest BCUT2D eigenvalue weighted by molar-refractivity contribution is 5.88. The van der Waals surface area contributed by atoms with Gasteiger partial charge in [-0.05, 0) is 24.3 Å². The molecule has 0 atom stereocenters. The molecular formula is C13H12O5. The minimum Gasteiger partial charge on any atom is -0.493 e. The number of aromatic carboxylic acids is 1. The summed E-state index contributed by atoms with van der Waals surface area (Å²) < 4.78 is 15.5. The Bertz CT molecular complexity index is 530. The van der Waals surface area contributed by atoms with Gasteiger partial charge in [0.2, 0.25) is 0 Å². The molecule has 0 unspecified atom stereocenters. The fraction of sp³-hybridized carbons (Fsp3) is 0.154. The monoisotopic (exact) mass is 248 g/mol. The van der Waals surface area contributed by atoms with Crippen LogP contribution < -0.4 is 9.47 Å². The van der Waals surface area contributed by atoms with E-state index in [1.807, 2.05) is 0 Å². The molecule has 94 valence electrons. The average Bonchev–Trinajstić information content (AvgIpc) is 2.89. The Hall–Kier alpha value is -2.43. The predicted molar refractivity (Wildman–Crippen MR) is 63.0 cm³/mol. The highest BCUT2D eigenvalue weighted by Gasteiger charge is 2.10. The molecule has 2 rings (SSSR count). The van der Waals surface area contributed by atoms with Gasteiger partial charge in [-0.15, -0.1) is 0 Å². The van der Waals surface area contributed by atoms with Crippen molar-refractivity contribution < 1.29 is 23.8 Å². The summed E-state index contributed by atoms with van der Waals surface area (Å²) in [5, 5.41) is 8.87. The number of rotatable bonds is 5. The molecule has 5 nitrogen and oxygen atoms in total. The normalized spacial score (nSPS) is 10.1. The van der Waals surface area contributed by atoms with Gasteiger partial charge < -0.3 is 19.0 Å². The highest BCUT2D eigenvalue weighted by Crippen LogP contribution is 2.28. The summed E-state index contributed by atoms with van der Waals surface area (Å²) in [5.41, 5.74) is 1.04. The molecule has 0 saturated carbocycles. The molecule has 0 aliphatic carbocycles. The number of ether oxygens (including phenoxy) is 2. The van der Waals surface area contributed by atoms with Crippen molar-refractivity contribution in [2.75, 3.05) is 7.11 Å². The Morgan fingerprint density at radius 3 is 2.78 bits per heavy atom. The summed E-state index contributed by atoms with van der Waals surface area (Å²) in [7, 11) is 1.46. The number of carboxylic acid groups (broad SMARTS) is 1. The Morgan fingerprint density at radius 1 is 1.33 bits per heavy atom. The molecule has 0 bridgehead atoms. The van der Waals surface area contributed by atoms with Crippen molar-refractivity contribution in [2.24, 2.45) is 0 Å². The van der Waals surface area contributed by atoms with Gasteiger partial charge in [0.15, 0.2) is 11.5 Å². The molecule has 0 aliphatic heterocycles. The summed E-state index contributed by atoms with van der Waals surface area (Å²) in [6.07, 6.45) is 3.14. The molecule has 0 radical (unpaired) electrons. The van der Waals surface area contributed by atoms with Crippen LogP contribution >= 0.6 is 0 Å². The number of hydrogen-bond acceptors (Lipinski definition) is 4. The quantitative estimate of drug-likeness (QED) is 0.880. The van der Waals surface area contributed by atoms with Crippen LogP contribution in [0.1, 0.15) is 15.9 Å². The lowest BCUT2D eigenvalue weighted by molar-refractivity contribution is 0.0696. The SMILES string of the molecule is COc1cc(C(=O)O)ccc1OCc1ccoc1. The maximum Gasteiger partial charge on any atom is 0.335 e. The van der Waals surface area contributed by atoms with Gasteiger partial charge in [-0.1, -0.05) is 0 Å². The molecule has 0 fully saturated rings. The molecule has 0 aliphatic rings. The van der Waals surface area contributed by atoms with E-state index in [0.717, 1.165) is 5.56 Å². The third kappa shape index (κ3) is 2.63. The van der Waals surface area contributed by atoms with E-state index in [1.54, 1.807) is 24.7 Å². The van der Waals surface area contributed by atoms with E-state index in [1.165, 1.54) is 19.2 Å². The molecule has 1 heterocycles. The van der Waals surface area contributed by atoms with E-state index in [4.69, 9.17) is 19.0 Å². The van der Waals surface area contributed by atoms with Crippen LogP contribution in [0.25, 0.3) is 0 Å². The lowest BCUT2D eigenvalue weighted by atomic mass is 10.2. The third-order valence-electron chi connectivity index (χ3n) is 2.39. The van der Waals surface area contributed by atoms with Crippen molar-refractivity contribution in [1.29, 1.82) is 0 Å². The van der Waals surface area contributed by atoms with Crippen LogP contribution in [-0.2, 0) is 6.61 Å². The first-order chi connectivity index (χ1) is 8.70. The first-order valence-corrected chi connectivity index (χ1v) is 5.26. The van der Waals surface area contributed by atoms with Crippen LogP contribution in [0.15, 0.2) is 41.2 Å². The maximum absolute atomic E-state index is 10.8. The van der Waals surface area contributed by atoms with Gasteiger partial charge in [0.25, 0.3) is 0 Å². The van der Waals surface area contributed by atoms with Crippen molar-refractivity contribution in [3.63, 3.8) is 0 Å². The minimum atomic E-state index is -1.00. The molecule has 1 N–H and O–H groups in total. The smallest absolute Gasteiger partial charge is 0.335 e. The Labute approximate surface area is 104 Å². The van der Waals surface area contributed by atoms with Gasteiger partial charge >= 0.3 is 5.97 Å². The molecule has 1 aromatic carbocycles. The predicted octanol–water partition coefficient (Wildman–Crippen LogP) is 2.57. The van der Waals surface area contributed by atoms with E-state index in [-0.39, 0.29) is 5.56 Å². The van der Waals surface area contributed by atoms with Gasteiger partial charge in [-0.3, -0.25) is 0 Å². The zero-order valence-corrected chi connectivity index (χ0v) is 9.75. The number of carbonyl (C=O) groups is 1. The van der Waals surface area contributed by atoms with Crippen LogP contribution in [-0.4, -0.2) is 18.2 Å². The fourth-order valence-electron chi connectivity index (χ4n) is 1.46. The van der Waals surface area contributed by atoms with Crippen molar-refractivity contribution >= 4 is 5.97 Å². The Morgan fingerprint density at radius 2 is 2.17 bits per heavy atom. The van der Waals surface area contributed by atoms with Gasteiger partial charge in [0.1, 0.15) is 6.61 Å². The van der Waals surface area contributed by atoms with Crippen molar-refractivity contribution in [3.05, 3.63) is 47.9 Å². The molecule has 0 amide bonds. The second kappa shape index (κ2) is 5.27. The fourth-order valence-corrected chi connectivity index (χ4v) is 1.46. The summed E-state index contributed by atoms with van der Waals surface area (Å²) in [6.45, 7) is 0.333. The number of furan rings is 1.